The lowest BCUT2D eigenvalue weighted by molar-refractivity contribution is -0.212. The number of benzene rings is 3. The van der Waals surface area contributed by atoms with Crippen molar-refractivity contribution in [1.29, 1.82) is 0 Å². The van der Waals surface area contributed by atoms with Gasteiger partial charge >= 0.3 is 11.6 Å². The first-order valence-corrected chi connectivity index (χ1v) is 13.5. The van der Waals surface area contributed by atoms with E-state index >= 15 is 0 Å². The summed E-state index contributed by atoms with van der Waals surface area (Å²) in [6, 6.07) is 7.89. The molecule has 218 valence electrons. The summed E-state index contributed by atoms with van der Waals surface area (Å²) in [7, 11) is 6.60. The lowest BCUT2D eigenvalue weighted by Crippen LogP contribution is -2.60. The number of aromatic hydroxyl groups is 1. The molecular formula is C31H35NO9. The first-order chi connectivity index (χ1) is 19.5. The van der Waals surface area contributed by atoms with Crippen molar-refractivity contribution in [1.82, 2.24) is 4.90 Å². The number of aliphatic hydroxyl groups excluding tert-OH is 1. The highest BCUT2D eigenvalue weighted by atomic mass is 16.6. The van der Waals surface area contributed by atoms with Gasteiger partial charge in [0.05, 0.1) is 37.1 Å². The van der Waals surface area contributed by atoms with Gasteiger partial charge in [-0.05, 0) is 62.8 Å². The number of methoxy groups -OCH3 is 2. The number of nitrogens with zero attached hydrogens (tertiary/aromatic N) is 1. The van der Waals surface area contributed by atoms with Crippen molar-refractivity contribution in [3.8, 4) is 17.2 Å². The minimum atomic E-state index is -1.16. The summed E-state index contributed by atoms with van der Waals surface area (Å²) in [5.74, 6) is 0.255. The molecule has 1 aromatic heterocycles. The fourth-order valence-corrected chi connectivity index (χ4v) is 6.07. The molecule has 0 aliphatic carbocycles. The summed E-state index contributed by atoms with van der Waals surface area (Å²) in [6.07, 6.45) is -2.73. The summed E-state index contributed by atoms with van der Waals surface area (Å²) in [6.45, 7) is 5.07. The summed E-state index contributed by atoms with van der Waals surface area (Å²) >= 11 is 0. The first-order valence-electron chi connectivity index (χ1n) is 13.5. The third-order valence-corrected chi connectivity index (χ3v) is 7.93. The van der Waals surface area contributed by atoms with Crippen molar-refractivity contribution in [2.75, 3.05) is 28.3 Å². The lowest BCUT2D eigenvalue weighted by atomic mass is 9.86. The molecule has 1 saturated heterocycles. The number of phenols is 1. The number of aliphatic hydroxyl groups is 1. The normalized spacial score (nSPS) is 22.9. The van der Waals surface area contributed by atoms with Gasteiger partial charge in [-0.2, -0.15) is 0 Å². The molecule has 10 nitrogen and oxygen atoms in total. The molecule has 2 N–H and O–H groups in total. The molecule has 1 aliphatic heterocycles. The zero-order valence-corrected chi connectivity index (χ0v) is 24.2. The number of hydrogen-bond donors (Lipinski definition) is 2. The van der Waals surface area contributed by atoms with Gasteiger partial charge < -0.3 is 38.5 Å². The van der Waals surface area contributed by atoms with E-state index in [0.29, 0.717) is 50.4 Å². The predicted molar refractivity (Wildman–Crippen MR) is 154 cm³/mol. The van der Waals surface area contributed by atoms with Crippen molar-refractivity contribution in [2.45, 2.75) is 57.6 Å². The van der Waals surface area contributed by atoms with Crippen molar-refractivity contribution in [3.05, 3.63) is 51.9 Å². The number of rotatable bonds is 6. The van der Waals surface area contributed by atoms with Gasteiger partial charge in [-0.3, -0.25) is 4.79 Å². The highest BCUT2D eigenvalue weighted by Crippen LogP contribution is 2.47. The van der Waals surface area contributed by atoms with E-state index in [1.54, 1.807) is 51.2 Å². The average molecular weight is 566 g/mol. The monoisotopic (exact) mass is 565 g/mol. The maximum absolute atomic E-state index is 13.5. The molecule has 0 radical (unpaired) electrons. The standard InChI is InChI=1S/C31H35NO9/c1-8-16-11-19-23(21(12-16)37-6)18-13-22(38-7)25-20(34)10-9-17(24(25)29(18)41-31(19)36)30-27(35)26(32(4)5)28(14(2)39-30)40-15(3)33/h9-14,26-28,30,34-35H,8H2,1-7H3. The Morgan fingerprint density at radius 1 is 1.02 bits per heavy atom. The first kappa shape index (κ1) is 28.7. The van der Waals surface area contributed by atoms with E-state index in [4.69, 9.17) is 23.4 Å². The van der Waals surface area contributed by atoms with Crippen LogP contribution in [-0.2, 0) is 20.7 Å². The Kier molecular flexibility index (Phi) is 7.58. The molecule has 5 unspecified atom stereocenters. The number of ether oxygens (including phenoxy) is 4. The highest BCUT2D eigenvalue weighted by molar-refractivity contribution is 6.19. The average Bonchev–Trinajstić information content (AvgIpc) is 2.94. The molecule has 0 saturated carbocycles. The van der Waals surface area contributed by atoms with Crippen LogP contribution in [0.5, 0.6) is 17.2 Å². The number of carbonyl (C=O) groups is 1. The van der Waals surface area contributed by atoms with Crippen LogP contribution in [0.1, 0.15) is 38.0 Å². The molecule has 0 spiro atoms. The van der Waals surface area contributed by atoms with Gasteiger partial charge in [-0.25, -0.2) is 4.79 Å². The SMILES string of the molecule is CCc1cc(OC)c2c(c1)c(=O)oc1c2cc(OC)c2c(O)ccc(C3OC(C)C(OC(C)=O)C(N(C)C)C3O)c21. The van der Waals surface area contributed by atoms with Gasteiger partial charge in [-0.1, -0.05) is 13.0 Å². The number of esters is 1. The number of fused-ring (bicyclic) bond motifs is 5. The predicted octanol–water partition coefficient (Wildman–Crippen LogP) is 4.07. The molecule has 1 fully saturated rings. The van der Waals surface area contributed by atoms with E-state index in [2.05, 4.69) is 0 Å². The van der Waals surface area contributed by atoms with E-state index in [0.717, 1.165) is 5.56 Å². The van der Waals surface area contributed by atoms with Crippen molar-refractivity contribution in [2.24, 2.45) is 0 Å². The van der Waals surface area contributed by atoms with E-state index in [1.807, 2.05) is 13.0 Å². The second kappa shape index (κ2) is 10.8. The number of carbonyl (C=O) groups excluding carboxylic acids is 1. The van der Waals surface area contributed by atoms with Crippen molar-refractivity contribution in [3.63, 3.8) is 0 Å². The Hall–Kier alpha value is -3.86. The maximum atomic E-state index is 13.5. The van der Waals surface area contributed by atoms with Crippen LogP contribution in [0, 0.1) is 0 Å². The maximum Gasteiger partial charge on any atom is 0.344 e. The van der Waals surface area contributed by atoms with Crippen molar-refractivity contribution >= 4 is 38.5 Å². The van der Waals surface area contributed by atoms with Gasteiger partial charge in [0.25, 0.3) is 0 Å². The molecule has 4 aromatic rings. The molecule has 0 amide bonds. The highest BCUT2D eigenvalue weighted by Gasteiger charge is 2.47. The second-order valence-corrected chi connectivity index (χ2v) is 10.6. The molecule has 2 heterocycles. The Balaban J connectivity index is 1.87. The number of hydrogen-bond acceptors (Lipinski definition) is 10. The number of aryl methyl sites for hydroxylation is 1. The van der Waals surface area contributed by atoms with Crippen LogP contribution in [0.2, 0.25) is 0 Å². The molecule has 10 heteroatoms. The van der Waals surface area contributed by atoms with Crippen LogP contribution in [0.3, 0.4) is 0 Å². The Morgan fingerprint density at radius 2 is 1.71 bits per heavy atom. The van der Waals surface area contributed by atoms with E-state index in [9.17, 15) is 19.8 Å². The third kappa shape index (κ3) is 4.65. The van der Waals surface area contributed by atoms with Crippen LogP contribution in [0.15, 0.2) is 39.5 Å². The van der Waals surface area contributed by atoms with Gasteiger partial charge in [-0.15, -0.1) is 0 Å². The summed E-state index contributed by atoms with van der Waals surface area (Å²) in [5.41, 5.74) is 1.01. The summed E-state index contributed by atoms with van der Waals surface area (Å²) in [4.78, 5) is 27.1. The number of likely N-dealkylation sites (N-methyl/N-ethyl adjacent to an activating group) is 1. The van der Waals surface area contributed by atoms with E-state index in [1.165, 1.54) is 20.1 Å². The van der Waals surface area contributed by atoms with Gasteiger partial charge in [0.15, 0.2) is 0 Å². The topological polar surface area (TPSA) is 128 Å². The van der Waals surface area contributed by atoms with Crippen LogP contribution < -0.4 is 15.1 Å². The fourth-order valence-electron chi connectivity index (χ4n) is 6.07. The van der Waals surface area contributed by atoms with Crippen LogP contribution in [0.4, 0.5) is 0 Å². The van der Waals surface area contributed by atoms with Crippen LogP contribution in [-0.4, -0.2) is 73.8 Å². The molecule has 41 heavy (non-hydrogen) atoms. The van der Waals surface area contributed by atoms with Crippen LogP contribution >= 0.6 is 0 Å². The van der Waals surface area contributed by atoms with Crippen LogP contribution in [0.25, 0.3) is 32.5 Å². The lowest BCUT2D eigenvalue weighted by Gasteiger charge is -2.46. The van der Waals surface area contributed by atoms with E-state index < -0.39 is 42.1 Å². The molecule has 5 atom stereocenters. The minimum absolute atomic E-state index is 0.0983. The smallest absolute Gasteiger partial charge is 0.344 e. The van der Waals surface area contributed by atoms with Crippen molar-refractivity contribution < 1.29 is 38.4 Å². The third-order valence-electron chi connectivity index (χ3n) is 7.93. The fraction of sp³-hybridized carbons (Fsp3) is 0.419. The molecule has 5 rings (SSSR count). The number of phenolic OH excluding ortho intramolecular Hbond substituents is 1. The second-order valence-electron chi connectivity index (χ2n) is 10.6. The minimum Gasteiger partial charge on any atom is -0.507 e. The van der Waals surface area contributed by atoms with Gasteiger partial charge in [0.1, 0.15) is 41.1 Å². The molecular weight excluding hydrogens is 530 g/mol. The quantitative estimate of drug-likeness (QED) is 0.201. The zero-order chi connectivity index (χ0) is 29.7. The Bertz CT molecular complexity index is 1710. The summed E-state index contributed by atoms with van der Waals surface area (Å²) < 4.78 is 29.3. The molecule has 3 aromatic carbocycles. The zero-order valence-electron chi connectivity index (χ0n) is 24.2. The van der Waals surface area contributed by atoms with Gasteiger partial charge in [0, 0.05) is 23.1 Å². The van der Waals surface area contributed by atoms with E-state index in [-0.39, 0.29) is 11.3 Å². The molecule has 1 aliphatic rings. The Morgan fingerprint density at radius 3 is 2.32 bits per heavy atom. The Labute approximate surface area is 237 Å². The largest absolute Gasteiger partial charge is 0.507 e. The van der Waals surface area contributed by atoms with Gasteiger partial charge in [0.2, 0.25) is 0 Å². The summed E-state index contributed by atoms with van der Waals surface area (Å²) in [5, 5.41) is 24.8. The molecule has 0 bridgehead atoms.